The summed E-state index contributed by atoms with van der Waals surface area (Å²) in [7, 11) is 0. The van der Waals surface area contributed by atoms with Gasteiger partial charge in [-0.15, -0.1) is 0 Å². The molecule has 0 bridgehead atoms. The van der Waals surface area contributed by atoms with E-state index in [-0.39, 0.29) is 6.54 Å². The molecule has 7 nitrogen and oxygen atoms in total. The van der Waals surface area contributed by atoms with Crippen LogP contribution in [0.15, 0.2) is 66.7 Å². The second kappa shape index (κ2) is 8.24. The van der Waals surface area contributed by atoms with Crippen LogP contribution < -0.4 is 15.5 Å². The second-order valence-corrected chi connectivity index (χ2v) is 8.80. The highest BCUT2D eigenvalue weighted by Crippen LogP contribution is 2.31. The minimum Gasteiger partial charge on any atom is -0.371 e. The molecule has 4 amide bonds. The van der Waals surface area contributed by atoms with Crippen LogP contribution in [0.25, 0.3) is 10.8 Å². The molecule has 7 heteroatoms. The SMILES string of the molecule is CC1(c2ccc3ccccc3c2)NC(=O)N(CC(=O)Nc2cccc(N3CCCC3)c2)C1=O. The predicted octanol–water partition coefficient (Wildman–Crippen LogP) is 3.85. The largest absolute Gasteiger partial charge is 0.371 e. The minimum atomic E-state index is -1.23. The zero-order valence-electron chi connectivity index (χ0n) is 18.5. The number of rotatable bonds is 5. The number of anilines is 2. The van der Waals surface area contributed by atoms with Gasteiger partial charge in [0.2, 0.25) is 5.91 Å². The van der Waals surface area contributed by atoms with Crippen molar-refractivity contribution in [2.24, 2.45) is 0 Å². The maximum Gasteiger partial charge on any atom is 0.325 e. The molecule has 0 spiro atoms. The number of amides is 4. The molecule has 2 saturated heterocycles. The molecule has 0 aliphatic carbocycles. The molecule has 3 aromatic rings. The van der Waals surface area contributed by atoms with Gasteiger partial charge in [-0.25, -0.2) is 4.79 Å². The molecule has 2 heterocycles. The van der Waals surface area contributed by atoms with Gasteiger partial charge in [0.15, 0.2) is 0 Å². The fraction of sp³-hybridized carbons (Fsp3) is 0.269. The highest BCUT2D eigenvalue weighted by atomic mass is 16.2. The molecular weight excluding hydrogens is 416 g/mol. The quantitative estimate of drug-likeness (QED) is 0.588. The predicted molar refractivity (Wildman–Crippen MR) is 128 cm³/mol. The summed E-state index contributed by atoms with van der Waals surface area (Å²) in [6, 6.07) is 20.6. The molecule has 2 fully saturated rings. The van der Waals surface area contributed by atoms with Gasteiger partial charge in [-0.3, -0.25) is 14.5 Å². The van der Waals surface area contributed by atoms with Gasteiger partial charge >= 0.3 is 6.03 Å². The Kier molecular flexibility index (Phi) is 5.24. The summed E-state index contributed by atoms with van der Waals surface area (Å²) in [5.74, 6) is -0.858. The topological polar surface area (TPSA) is 81.8 Å². The lowest BCUT2D eigenvalue weighted by molar-refractivity contribution is -0.133. The van der Waals surface area contributed by atoms with Crippen LogP contribution in [-0.2, 0) is 15.1 Å². The Hall–Kier alpha value is -3.87. The molecule has 1 unspecified atom stereocenters. The molecule has 5 rings (SSSR count). The van der Waals surface area contributed by atoms with E-state index in [1.54, 1.807) is 6.92 Å². The molecule has 0 saturated carbocycles. The fourth-order valence-corrected chi connectivity index (χ4v) is 4.64. The standard InChI is InChI=1S/C26H26N4O3/c1-26(20-12-11-18-7-2-3-8-19(18)15-20)24(32)30(25(33)28-26)17-23(31)27-21-9-6-10-22(16-21)29-13-4-5-14-29/h2-3,6-12,15-16H,4-5,13-14,17H2,1H3,(H,27,31)(H,28,33). The molecular formula is C26H26N4O3. The lowest BCUT2D eigenvalue weighted by Crippen LogP contribution is -2.42. The van der Waals surface area contributed by atoms with Crippen LogP contribution in [0.4, 0.5) is 16.2 Å². The third-order valence-electron chi connectivity index (χ3n) is 6.50. The van der Waals surface area contributed by atoms with E-state index >= 15 is 0 Å². The number of nitrogens with zero attached hydrogens (tertiary/aromatic N) is 2. The van der Waals surface area contributed by atoms with Gasteiger partial charge in [0.05, 0.1) is 0 Å². The number of urea groups is 1. The van der Waals surface area contributed by atoms with E-state index in [4.69, 9.17) is 0 Å². The van der Waals surface area contributed by atoms with Crippen molar-refractivity contribution in [3.05, 3.63) is 72.3 Å². The lowest BCUT2D eigenvalue weighted by atomic mass is 9.90. The van der Waals surface area contributed by atoms with Crippen LogP contribution in [0.5, 0.6) is 0 Å². The summed E-state index contributed by atoms with van der Waals surface area (Å²) in [6.45, 7) is 3.34. The van der Waals surface area contributed by atoms with E-state index in [1.807, 2.05) is 66.7 Å². The Morgan fingerprint density at radius 3 is 2.52 bits per heavy atom. The normalized spacial score (nSPS) is 20.4. The van der Waals surface area contributed by atoms with Crippen molar-refractivity contribution in [3.8, 4) is 0 Å². The first kappa shape index (κ1) is 21.0. The number of carbonyl (C=O) groups excluding carboxylic acids is 3. The van der Waals surface area contributed by atoms with Gasteiger partial charge in [0, 0.05) is 24.5 Å². The van der Waals surface area contributed by atoms with Gasteiger partial charge in [-0.2, -0.15) is 0 Å². The molecule has 0 radical (unpaired) electrons. The molecule has 168 valence electrons. The lowest BCUT2D eigenvalue weighted by Gasteiger charge is -2.22. The van der Waals surface area contributed by atoms with Crippen LogP contribution in [-0.4, -0.2) is 42.4 Å². The number of imide groups is 1. The van der Waals surface area contributed by atoms with E-state index in [1.165, 1.54) is 12.8 Å². The zero-order chi connectivity index (χ0) is 23.0. The van der Waals surface area contributed by atoms with Crippen molar-refractivity contribution < 1.29 is 14.4 Å². The average Bonchev–Trinajstić information content (AvgIpc) is 3.43. The maximum absolute atomic E-state index is 13.2. The Morgan fingerprint density at radius 2 is 1.73 bits per heavy atom. The Labute approximate surface area is 192 Å². The van der Waals surface area contributed by atoms with Gasteiger partial charge in [0.1, 0.15) is 12.1 Å². The highest BCUT2D eigenvalue weighted by molar-refractivity contribution is 6.10. The van der Waals surface area contributed by atoms with Crippen LogP contribution >= 0.6 is 0 Å². The first-order chi connectivity index (χ1) is 15.9. The number of fused-ring (bicyclic) bond motifs is 1. The fourth-order valence-electron chi connectivity index (χ4n) is 4.64. The molecule has 2 N–H and O–H groups in total. The third-order valence-corrected chi connectivity index (χ3v) is 6.50. The molecule has 1 atom stereocenters. The maximum atomic E-state index is 13.2. The van der Waals surface area contributed by atoms with E-state index in [2.05, 4.69) is 15.5 Å². The smallest absolute Gasteiger partial charge is 0.325 e. The molecule has 33 heavy (non-hydrogen) atoms. The van der Waals surface area contributed by atoms with Crippen LogP contribution in [0, 0.1) is 0 Å². The van der Waals surface area contributed by atoms with Crippen molar-refractivity contribution in [1.29, 1.82) is 0 Å². The zero-order valence-corrected chi connectivity index (χ0v) is 18.5. The van der Waals surface area contributed by atoms with Gasteiger partial charge < -0.3 is 15.5 Å². The van der Waals surface area contributed by atoms with Crippen molar-refractivity contribution in [1.82, 2.24) is 10.2 Å². The van der Waals surface area contributed by atoms with Crippen LogP contribution in [0.3, 0.4) is 0 Å². The van der Waals surface area contributed by atoms with Gasteiger partial charge in [-0.1, -0.05) is 42.5 Å². The number of hydrogen-bond acceptors (Lipinski definition) is 4. The van der Waals surface area contributed by atoms with Gasteiger partial charge in [-0.05, 0) is 60.4 Å². The van der Waals surface area contributed by atoms with Crippen molar-refractivity contribution in [2.45, 2.75) is 25.3 Å². The first-order valence-electron chi connectivity index (χ1n) is 11.2. The number of nitrogens with one attached hydrogen (secondary N) is 2. The monoisotopic (exact) mass is 442 g/mol. The van der Waals surface area contributed by atoms with E-state index < -0.39 is 23.4 Å². The Bertz CT molecular complexity index is 1250. The van der Waals surface area contributed by atoms with Crippen molar-refractivity contribution in [3.63, 3.8) is 0 Å². The van der Waals surface area contributed by atoms with E-state index in [9.17, 15) is 14.4 Å². The average molecular weight is 443 g/mol. The van der Waals surface area contributed by atoms with E-state index in [0.717, 1.165) is 34.4 Å². The summed E-state index contributed by atoms with van der Waals surface area (Å²) in [4.78, 5) is 41.9. The highest BCUT2D eigenvalue weighted by Gasteiger charge is 2.49. The van der Waals surface area contributed by atoms with Crippen LogP contribution in [0.2, 0.25) is 0 Å². The Balaban J connectivity index is 1.31. The number of hydrogen-bond donors (Lipinski definition) is 2. The molecule has 2 aliphatic rings. The van der Waals surface area contributed by atoms with Crippen LogP contribution in [0.1, 0.15) is 25.3 Å². The Morgan fingerprint density at radius 1 is 0.970 bits per heavy atom. The number of carbonyl (C=O) groups is 3. The summed E-state index contributed by atoms with van der Waals surface area (Å²) >= 11 is 0. The van der Waals surface area contributed by atoms with Crippen molar-refractivity contribution >= 4 is 40.0 Å². The first-order valence-corrected chi connectivity index (χ1v) is 11.2. The molecule has 3 aromatic carbocycles. The third kappa shape index (κ3) is 3.91. The summed E-state index contributed by atoms with van der Waals surface area (Å²) in [5.41, 5.74) is 1.16. The summed E-state index contributed by atoms with van der Waals surface area (Å²) < 4.78 is 0. The molecule has 0 aromatic heterocycles. The summed E-state index contributed by atoms with van der Waals surface area (Å²) in [6.07, 6.45) is 2.33. The number of benzene rings is 3. The van der Waals surface area contributed by atoms with E-state index in [0.29, 0.717) is 11.3 Å². The van der Waals surface area contributed by atoms with Gasteiger partial charge in [0.25, 0.3) is 5.91 Å². The summed E-state index contributed by atoms with van der Waals surface area (Å²) in [5, 5.41) is 7.63. The second-order valence-electron chi connectivity index (χ2n) is 8.80. The van der Waals surface area contributed by atoms with Crippen molar-refractivity contribution in [2.75, 3.05) is 29.9 Å². The molecule has 2 aliphatic heterocycles. The minimum absolute atomic E-state index is 0.345.